The highest BCUT2D eigenvalue weighted by molar-refractivity contribution is 6.00. The molecule has 0 bridgehead atoms. The first kappa shape index (κ1) is 14.7. The molecule has 1 rings (SSSR count). The van der Waals surface area contributed by atoms with Crippen molar-refractivity contribution >= 4 is 11.8 Å². The van der Waals surface area contributed by atoms with E-state index in [4.69, 9.17) is 4.74 Å². The monoisotopic (exact) mass is 250 g/mol. The van der Waals surface area contributed by atoms with Gasteiger partial charge in [0.15, 0.2) is 0 Å². The van der Waals surface area contributed by atoms with Gasteiger partial charge in [-0.25, -0.2) is 0 Å². The van der Waals surface area contributed by atoms with E-state index in [-0.39, 0.29) is 17.1 Å². The van der Waals surface area contributed by atoms with Gasteiger partial charge < -0.3 is 4.74 Å². The largest absolute Gasteiger partial charge is 0.465 e. The molecule has 0 heterocycles. The summed E-state index contributed by atoms with van der Waals surface area (Å²) in [4.78, 5) is 23.9. The SMILES string of the molecule is C=C[C@@]1(C)CC(=O)[C@H](C(=O)OCC)C[C@@H]1C(=C)C. The molecule has 0 spiro atoms. The maximum Gasteiger partial charge on any atom is 0.316 e. The molecule has 3 heteroatoms. The first-order valence-corrected chi connectivity index (χ1v) is 6.34. The molecule has 1 aliphatic carbocycles. The minimum Gasteiger partial charge on any atom is -0.465 e. The van der Waals surface area contributed by atoms with Crippen LogP contribution in [0.2, 0.25) is 0 Å². The Morgan fingerprint density at radius 3 is 2.67 bits per heavy atom. The average Bonchev–Trinajstić information content (AvgIpc) is 2.28. The van der Waals surface area contributed by atoms with Crippen molar-refractivity contribution in [3.8, 4) is 0 Å². The van der Waals surface area contributed by atoms with Crippen molar-refractivity contribution in [2.45, 2.75) is 33.6 Å². The summed E-state index contributed by atoms with van der Waals surface area (Å²) in [6.45, 7) is 13.8. The summed E-state index contributed by atoms with van der Waals surface area (Å²) in [6, 6.07) is 0. The number of hydrogen-bond donors (Lipinski definition) is 0. The molecule has 0 aromatic heterocycles. The number of esters is 1. The predicted molar refractivity (Wildman–Crippen MR) is 71.0 cm³/mol. The van der Waals surface area contributed by atoms with E-state index in [9.17, 15) is 9.59 Å². The van der Waals surface area contributed by atoms with Gasteiger partial charge in [-0.2, -0.15) is 0 Å². The zero-order chi connectivity index (χ0) is 13.9. The van der Waals surface area contributed by atoms with Gasteiger partial charge in [0, 0.05) is 6.42 Å². The minimum absolute atomic E-state index is 0.0478. The molecule has 1 saturated carbocycles. The highest BCUT2D eigenvalue weighted by atomic mass is 16.5. The predicted octanol–water partition coefficient (Wildman–Crippen LogP) is 2.91. The highest BCUT2D eigenvalue weighted by Crippen LogP contribution is 2.45. The zero-order valence-electron chi connectivity index (χ0n) is 11.5. The first-order valence-electron chi connectivity index (χ1n) is 6.34. The van der Waals surface area contributed by atoms with Crippen LogP contribution >= 0.6 is 0 Å². The van der Waals surface area contributed by atoms with Crippen LogP contribution in [-0.4, -0.2) is 18.4 Å². The molecule has 18 heavy (non-hydrogen) atoms. The fourth-order valence-corrected chi connectivity index (χ4v) is 2.71. The van der Waals surface area contributed by atoms with Gasteiger partial charge in [0.05, 0.1) is 6.61 Å². The normalized spacial score (nSPS) is 31.8. The number of Topliss-reactive ketones (excluding diaryl/α,β-unsaturated/α-hetero) is 1. The third-order valence-corrected chi connectivity index (χ3v) is 3.84. The summed E-state index contributed by atoms with van der Waals surface area (Å²) < 4.78 is 4.97. The maximum absolute atomic E-state index is 12.1. The van der Waals surface area contributed by atoms with Gasteiger partial charge in [0.25, 0.3) is 0 Å². The van der Waals surface area contributed by atoms with Crippen LogP contribution in [0.4, 0.5) is 0 Å². The quantitative estimate of drug-likeness (QED) is 0.438. The van der Waals surface area contributed by atoms with Gasteiger partial charge in [-0.3, -0.25) is 9.59 Å². The topological polar surface area (TPSA) is 43.4 Å². The van der Waals surface area contributed by atoms with Crippen LogP contribution in [0, 0.1) is 17.3 Å². The van der Waals surface area contributed by atoms with Crippen molar-refractivity contribution in [1.82, 2.24) is 0 Å². The van der Waals surface area contributed by atoms with E-state index in [0.29, 0.717) is 19.4 Å². The van der Waals surface area contributed by atoms with Gasteiger partial charge in [0.1, 0.15) is 11.7 Å². The van der Waals surface area contributed by atoms with Crippen molar-refractivity contribution in [1.29, 1.82) is 0 Å². The Bertz CT molecular complexity index is 383. The molecule has 0 aromatic rings. The summed E-state index contributed by atoms with van der Waals surface area (Å²) >= 11 is 0. The van der Waals surface area contributed by atoms with Crippen molar-refractivity contribution in [2.24, 2.45) is 17.3 Å². The van der Waals surface area contributed by atoms with Gasteiger partial charge in [-0.15, -0.1) is 6.58 Å². The Kier molecular flexibility index (Phi) is 4.49. The van der Waals surface area contributed by atoms with E-state index in [1.54, 1.807) is 6.92 Å². The third kappa shape index (κ3) is 2.71. The maximum atomic E-state index is 12.1. The number of rotatable bonds is 4. The lowest BCUT2D eigenvalue weighted by Gasteiger charge is -2.41. The van der Waals surface area contributed by atoms with Crippen LogP contribution < -0.4 is 0 Å². The van der Waals surface area contributed by atoms with E-state index in [0.717, 1.165) is 5.57 Å². The van der Waals surface area contributed by atoms with E-state index in [1.165, 1.54) is 0 Å². The Morgan fingerprint density at radius 2 is 2.22 bits per heavy atom. The van der Waals surface area contributed by atoms with E-state index in [1.807, 2.05) is 19.9 Å². The minimum atomic E-state index is -0.639. The van der Waals surface area contributed by atoms with Gasteiger partial charge >= 0.3 is 5.97 Å². The van der Waals surface area contributed by atoms with E-state index in [2.05, 4.69) is 13.2 Å². The van der Waals surface area contributed by atoms with Crippen LogP contribution in [0.5, 0.6) is 0 Å². The smallest absolute Gasteiger partial charge is 0.316 e. The number of ether oxygens (including phenoxy) is 1. The number of ketones is 1. The third-order valence-electron chi connectivity index (χ3n) is 3.84. The molecule has 3 atom stereocenters. The molecule has 0 N–H and O–H groups in total. The molecule has 0 saturated heterocycles. The van der Waals surface area contributed by atoms with E-state index >= 15 is 0 Å². The van der Waals surface area contributed by atoms with Crippen molar-refractivity contribution < 1.29 is 14.3 Å². The molecule has 0 unspecified atom stereocenters. The molecule has 3 nitrogen and oxygen atoms in total. The highest BCUT2D eigenvalue weighted by Gasteiger charge is 2.45. The Balaban J connectivity index is 2.97. The van der Waals surface area contributed by atoms with Crippen LogP contribution in [0.1, 0.15) is 33.6 Å². The molecule has 0 aromatic carbocycles. The molecule has 1 fully saturated rings. The fraction of sp³-hybridized carbons (Fsp3) is 0.600. The molecule has 100 valence electrons. The average molecular weight is 250 g/mol. The molecular formula is C15H22O3. The van der Waals surface area contributed by atoms with Crippen LogP contribution in [-0.2, 0) is 14.3 Å². The summed E-state index contributed by atoms with van der Waals surface area (Å²) in [6.07, 6.45) is 2.62. The lowest BCUT2D eigenvalue weighted by Crippen LogP contribution is -2.42. The fourth-order valence-electron chi connectivity index (χ4n) is 2.71. The lowest BCUT2D eigenvalue weighted by molar-refractivity contribution is -0.154. The molecular weight excluding hydrogens is 228 g/mol. The second-order valence-corrected chi connectivity index (χ2v) is 5.29. The second kappa shape index (κ2) is 5.51. The Labute approximate surface area is 109 Å². The lowest BCUT2D eigenvalue weighted by atomic mass is 9.62. The molecule has 0 radical (unpaired) electrons. The van der Waals surface area contributed by atoms with E-state index < -0.39 is 11.9 Å². The van der Waals surface area contributed by atoms with Gasteiger partial charge in [-0.1, -0.05) is 25.2 Å². The summed E-state index contributed by atoms with van der Waals surface area (Å²) in [5, 5.41) is 0. The molecule has 0 aliphatic heterocycles. The Hall–Kier alpha value is -1.38. The number of allylic oxidation sites excluding steroid dienone is 2. The van der Waals surface area contributed by atoms with Crippen LogP contribution in [0.15, 0.2) is 24.8 Å². The van der Waals surface area contributed by atoms with Crippen LogP contribution in [0.3, 0.4) is 0 Å². The van der Waals surface area contributed by atoms with Crippen molar-refractivity contribution in [3.63, 3.8) is 0 Å². The first-order chi connectivity index (χ1) is 8.35. The van der Waals surface area contributed by atoms with Gasteiger partial charge in [-0.05, 0) is 31.6 Å². The number of carbonyl (C=O) groups is 2. The number of carbonyl (C=O) groups excluding carboxylic acids is 2. The Morgan fingerprint density at radius 1 is 1.61 bits per heavy atom. The molecule has 0 amide bonds. The van der Waals surface area contributed by atoms with Crippen LogP contribution in [0.25, 0.3) is 0 Å². The summed E-state index contributed by atoms with van der Waals surface area (Å²) in [5.74, 6) is -0.991. The summed E-state index contributed by atoms with van der Waals surface area (Å²) in [5.41, 5.74) is 0.686. The standard InChI is InChI=1S/C15H22O3/c1-6-15(5)9-13(16)11(14(17)18-7-2)8-12(15)10(3)4/h6,11-12H,1,3,7-9H2,2,4-5H3/t11-,12-,15+/m1/s1. The van der Waals surface area contributed by atoms with Crippen molar-refractivity contribution in [3.05, 3.63) is 24.8 Å². The van der Waals surface area contributed by atoms with Crippen molar-refractivity contribution in [2.75, 3.05) is 6.61 Å². The second-order valence-electron chi connectivity index (χ2n) is 5.29. The number of hydrogen-bond acceptors (Lipinski definition) is 3. The molecule has 1 aliphatic rings. The zero-order valence-corrected chi connectivity index (χ0v) is 11.5. The van der Waals surface area contributed by atoms with Gasteiger partial charge in [0.2, 0.25) is 0 Å². The summed E-state index contributed by atoms with van der Waals surface area (Å²) in [7, 11) is 0.